The van der Waals surface area contributed by atoms with Gasteiger partial charge in [-0.05, 0) is 30.3 Å². The minimum absolute atomic E-state index is 0.101. The van der Waals surface area contributed by atoms with Crippen LogP contribution in [0, 0.1) is 0 Å². The van der Waals surface area contributed by atoms with Gasteiger partial charge in [-0.15, -0.1) is 0 Å². The molecule has 4 N–H and O–H groups in total. The van der Waals surface area contributed by atoms with Gasteiger partial charge < -0.3 is 20.6 Å². The van der Waals surface area contributed by atoms with E-state index in [0.717, 1.165) is 0 Å². The SMILES string of the molecule is Nc1ccc(C(=O)NCc2ccco2)cc1O. The highest BCUT2D eigenvalue weighted by molar-refractivity contribution is 5.95. The molecule has 0 radical (unpaired) electrons. The summed E-state index contributed by atoms with van der Waals surface area (Å²) in [5, 5.41) is 12.0. The Labute approximate surface area is 97.9 Å². The average Bonchev–Trinajstić information content (AvgIpc) is 2.82. The summed E-state index contributed by atoms with van der Waals surface area (Å²) in [5.74, 6) is 0.269. The first-order chi connectivity index (χ1) is 8.16. The first-order valence-corrected chi connectivity index (χ1v) is 5.06. The van der Waals surface area contributed by atoms with Crippen LogP contribution in [-0.2, 0) is 6.54 Å². The minimum Gasteiger partial charge on any atom is -0.506 e. The molecule has 2 rings (SSSR count). The molecule has 0 bridgehead atoms. The zero-order valence-corrected chi connectivity index (χ0v) is 9.01. The van der Waals surface area contributed by atoms with Gasteiger partial charge in [0.05, 0.1) is 18.5 Å². The average molecular weight is 232 g/mol. The Hall–Kier alpha value is -2.43. The molecule has 1 heterocycles. The lowest BCUT2D eigenvalue weighted by atomic mass is 10.2. The number of nitrogen functional groups attached to an aromatic ring is 1. The molecule has 0 saturated carbocycles. The van der Waals surface area contributed by atoms with Crippen molar-refractivity contribution in [3.05, 3.63) is 47.9 Å². The molecule has 2 aromatic rings. The number of carbonyl (C=O) groups is 1. The molecular weight excluding hydrogens is 220 g/mol. The number of carbonyl (C=O) groups excluding carboxylic acids is 1. The number of phenols is 1. The van der Waals surface area contributed by atoms with E-state index in [0.29, 0.717) is 17.9 Å². The van der Waals surface area contributed by atoms with Crippen molar-refractivity contribution in [2.24, 2.45) is 0 Å². The Bertz CT molecular complexity index is 521. The van der Waals surface area contributed by atoms with E-state index in [9.17, 15) is 9.90 Å². The van der Waals surface area contributed by atoms with Crippen molar-refractivity contribution in [3.8, 4) is 5.75 Å². The number of amides is 1. The molecule has 17 heavy (non-hydrogen) atoms. The molecule has 5 heteroatoms. The molecule has 88 valence electrons. The quantitative estimate of drug-likeness (QED) is 0.552. The molecule has 5 nitrogen and oxygen atoms in total. The second kappa shape index (κ2) is 4.61. The van der Waals surface area contributed by atoms with Gasteiger partial charge in [-0.1, -0.05) is 0 Å². The van der Waals surface area contributed by atoms with Crippen molar-refractivity contribution in [2.75, 3.05) is 5.73 Å². The Morgan fingerprint density at radius 3 is 2.88 bits per heavy atom. The zero-order valence-electron chi connectivity index (χ0n) is 9.01. The maximum atomic E-state index is 11.7. The van der Waals surface area contributed by atoms with E-state index in [1.165, 1.54) is 18.4 Å². The first-order valence-electron chi connectivity index (χ1n) is 5.06. The van der Waals surface area contributed by atoms with E-state index >= 15 is 0 Å². The number of hydrogen-bond donors (Lipinski definition) is 3. The molecule has 0 saturated heterocycles. The molecule has 0 fully saturated rings. The lowest BCUT2D eigenvalue weighted by Crippen LogP contribution is -2.22. The summed E-state index contributed by atoms with van der Waals surface area (Å²) in [6.45, 7) is 0.303. The summed E-state index contributed by atoms with van der Waals surface area (Å²) < 4.78 is 5.08. The van der Waals surface area contributed by atoms with Gasteiger partial charge >= 0.3 is 0 Å². The van der Waals surface area contributed by atoms with E-state index in [-0.39, 0.29) is 17.3 Å². The van der Waals surface area contributed by atoms with Crippen LogP contribution in [0.4, 0.5) is 5.69 Å². The number of nitrogens with one attached hydrogen (secondary N) is 1. The van der Waals surface area contributed by atoms with E-state index in [4.69, 9.17) is 10.2 Å². The fourth-order valence-corrected chi connectivity index (χ4v) is 1.37. The van der Waals surface area contributed by atoms with Crippen LogP contribution >= 0.6 is 0 Å². The van der Waals surface area contributed by atoms with Crippen molar-refractivity contribution in [2.45, 2.75) is 6.54 Å². The number of aromatic hydroxyl groups is 1. The number of benzene rings is 1. The second-order valence-electron chi connectivity index (χ2n) is 3.54. The van der Waals surface area contributed by atoms with E-state index in [2.05, 4.69) is 5.32 Å². The molecule has 0 aliphatic heterocycles. The largest absolute Gasteiger partial charge is 0.506 e. The third kappa shape index (κ3) is 2.57. The molecular formula is C12H12N2O3. The van der Waals surface area contributed by atoms with E-state index < -0.39 is 0 Å². The summed E-state index contributed by atoms with van der Waals surface area (Å²) in [5.41, 5.74) is 6.04. The molecule has 1 aromatic carbocycles. The molecule has 0 atom stereocenters. The number of nitrogens with two attached hydrogens (primary N) is 1. The topological polar surface area (TPSA) is 88.5 Å². The van der Waals surface area contributed by atoms with Crippen LogP contribution in [0.3, 0.4) is 0 Å². The van der Waals surface area contributed by atoms with Gasteiger partial charge in [0, 0.05) is 5.56 Å². The molecule has 1 amide bonds. The van der Waals surface area contributed by atoms with Crippen LogP contribution in [0.25, 0.3) is 0 Å². The maximum absolute atomic E-state index is 11.7. The third-order valence-electron chi connectivity index (χ3n) is 2.30. The van der Waals surface area contributed by atoms with Gasteiger partial charge in [0.2, 0.25) is 0 Å². The van der Waals surface area contributed by atoms with Crippen molar-refractivity contribution in [1.82, 2.24) is 5.32 Å². The lowest BCUT2D eigenvalue weighted by Gasteiger charge is -2.05. The summed E-state index contributed by atoms with van der Waals surface area (Å²) in [6.07, 6.45) is 1.54. The van der Waals surface area contributed by atoms with E-state index in [1.54, 1.807) is 18.2 Å². The number of furan rings is 1. The lowest BCUT2D eigenvalue weighted by molar-refractivity contribution is 0.0947. The molecule has 0 aliphatic carbocycles. The molecule has 0 spiro atoms. The normalized spacial score (nSPS) is 10.1. The number of rotatable bonds is 3. The molecule has 1 aromatic heterocycles. The van der Waals surface area contributed by atoms with Gasteiger partial charge in [0.15, 0.2) is 0 Å². The highest BCUT2D eigenvalue weighted by Gasteiger charge is 2.08. The predicted octanol–water partition coefficient (Wildman–Crippen LogP) is 1.50. The van der Waals surface area contributed by atoms with Gasteiger partial charge in [0.25, 0.3) is 5.91 Å². The van der Waals surface area contributed by atoms with Gasteiger partial charge in [-0.25, -0.2) is 0 Å². The summed E-state index contributed by atoms with van der Waals surface area (Å²) in [6, 6.07) is 7.87. The summed E-state index contributed by atoms with van der Waals surface area (Å²) >= 11 is 0. The van der Waals surface area contributed by atoms with Crippen LogP contribution in [0.2, 0.25) is 0 Å². The zero-order chi connectivity index (χ0) is 12.3. The van der Waals surface area contributed by atoms with E-state index in [1.807, 2.05) is 0 Å². The summed E-state index contributed by atoms with van der Waals surface area (Å²) in [7, 11) is 0. The Balaban J connectivity index is 2.02. The summed E-state index contributed by atoms with van der Waals surface area (Å²) in [4.78, 5) is 11.7. The Morgan fingerprint density at radius 1 is 1.41 bits per heavy atom. The minimum atomic E-state index is -0.295. The Morgan fingerprint density at radius 2 is 2.24 bits per heavy atom. The highest BCUT2D eigenvalue weighted by Crippen LogP contribution is 2.20. The van der Waals surface area contributed by atoms with Crippen molar-refractivity contribution >= 4 is 11.6 Å². The van der Waals surface area contributed by atoms with Crippen LogP contribution in [-0.4, -0.2) is 11.0 Å². The van der Waals surface area contributed by atoms with Crippen LogP contribution < -0.4 is 11.1 Å². The standard InChI is InChI=1S/C12H12N2O3/c13-10-4-3-8(6-11(10)15)12(16)14-7-9-2-1-5-17-9/h1-6,15H,7,13H2,(H,14,16). The van der Waals surface area contributed by atoms with Gasteiger partial charge in [-0.3, -0.25) is 4.79 Å². The number of phenolic OH excluding ortho intramolecular Hbond substituents is 1. The van der Waals surface area contributed by atoms with Crippen molar-refractivity contribution in [3.63, 3.8) is 0 Å². The Kier molecular flexibility index (Phi) is 3.00. The first kappa shape index (κ1) is 11.1. The fraction of sp³-hybridized carbons (Fsp3) is 0.0833. The predicted molar refractivity (Wildman–Crippen MR) is 62.4 cm³/mol. The van der Waals surface area contributed by atoms with Crippen molar-refractivity contribution < 1.29 is 14.3 Å². The van der Waals surface area contributed by atoms with Gasteiger partial charge in [-0.2, -0.15) is 0 Å². The number of hydrogen-bond acceptors (Lipinski definition) is 4. The molecule has 0 aliphatic rings. The fourth-order valence-electron chi connectivity index (χ4n) is 1.37. The monoisotopic (exact) mass is 232 g/mol. The van der Waals surface area contributed by atoms with Crippen LogP contribution in [0.5, 0.6) is 5.75 Å². The maximum Gasteiger partial charge on any atom is 0.251 e. The molecule has 0 unspecified atom stereocenters. The second-order valence-corrected chi connectivity index (χ2v) is 3.54. The smallest absolute Gasteiger partial charge is 0.251 e. The van der Waals surface area contributed by atoms with Crippen LogP contribution in [0.1, 0.15) is 16.1 Å². The van der Waals surface area contributed by atoms with Crippen LogP contribution in [0.15, 0.2) is 41.0 Å². The van der Waals surface area contributed by atoms with Gasteiger partial charge in [0.1, 0.15) is 11.5 Å². The third-order valence-corrected chi connectivity index (χ3v) is 2.30. The van der Waals surface area contributed by atoms with Crippen molar-refractivity contribution in [1.29, 1.82) is 0 Å². The highest BCUT2D eigenvalue weighted by atomic mass is 16.3. The number of anilines is 1.